The summed E-state index contributed by atoms with van der Waals surface area (Å²) in [6.07, 6.45) is 2.12. The standard InChI is InChI=1S/C11H18N2/c1-4-5-9-8(3)7(2)6-10(12)11(9)13/h6H,4-5,12-13H2,1-3H3. The van der Waals surface area contributed by atoms with Gasteiger partial charge < -0.3 is 11.5 Å². The van der Waals surface area contributed by atoms with Crippen LogP contribution in [0.2, 0.25) is 0 Å². The van der Waals surface area contributed by atoms with Crippen LogP contribution in [0.15, 0.2) is 6.07 Å². The Balaban J connectivity index is 3.28. The molecule has 2 nitrogen and oxygen atoms in total. The molecule has 0 fully saturated rings. The van der Waals surface area contributed by atoms with Crippen LogP contribution in [0.5, 0.6) is 0 Å². The fourth-order valence-corrected chi connectivity index (χ4v) is 1.61. The molecule has 1 aromatic carbocycles. The first kappa shape index (κ1) is 9.90. The van der Waals surface area contributed by atoms with Gasteiger partial charge in [-0.05, 0) is 43.0 Å². The van der Waals surface area contributed by atoms with Crippen molar-refractivity contribution in [2.45, 2.75) is 33.6 Å². The molecular weight excluding hydrogens is 160 g/mol. The van der Waals surface area contributed by atoms with E-state index in [0.717, 1.165) is 18.5 Å². The molecule has 0 saturated carbocycles. The quantitative estimate of drug-likeness (QED) is 0.683. The Kier molecular flexibility index (Phi) is 2.81. The molecule has 0 aromatic heterocycles. The predicted molar refractivity (Wildman–Crippen MR) is 58.7 cm³/mol. The normalized spacial score (nSPS) is 10.4. The minimum Gasteiger partial charge on any atom is -0.397 e. The number of benzene rings is 1. The van der Waals surface area contributed by atoms with E-state index in [1.54, 1.807) is 0 Å². The van der Waals surface area contributed by atoms with E-state index >= 15 is 0 Å². The van der Waals surface area contributed by atoms with Gasteiger partial charge in [0.2, 0.25) is 0 Å². The van der Waals surface area contributed by atoms with Crippen molar-refractivity contribution in [2.24, 2.45) is 0 Å². The summed E-state index contributed by atoms with van der Waals surface area (Å²) in [5.41, 5.74) is 16.9. The van der Waals surface area contributed by atoms with Crippen LogP contribution < -0.4 is 11.5 Å². The van der Waals surface area contributed by atoms with E-state index in [1.807, 2.05) is 6.07 Å². The van der Waals surface area contributed by atoms with Gasteiger partial charge in [-0.3, -0.25) is 0 Å². The lowest BCUT2D eigenvalue weighted by Crippen LogP contribution is -2.03. The van der Waals surface area contributed by atoms with Crippen LogP contribution in [0.4, 0.5) is 11.4 Å². The van der Waals surface area contributed by atoms with Crippen molar-refractivity contribution in [3.8, 4) is 0 Å². The van der Waals surface area contributed by atoms with Crippen LogP contribution >= 0.6 is 0 Å². The second-order valence-corrected chi connectivity index (χ2v) is 3.55. The Bertz CT molecular complexity index is 290. The van der Waals surface area contributed by atoms with Gasteiger partial charge in [-0.15, -0.1) is 0 Å². The first-order valence-corrected chi connectivity index (χ1v) is 4.72. The predicted octanol–water partition coefficient (Wildman–Crippen LogP) is 2.42. The Morgan fingerprint density at radius 2 is 1.85 bits per heavy atom. The lowest BCUT2D eigenvalue weighted by atomic mass is 9.97. The zero-order valence-electron chi connectivity index (χ0n) is 8.65. The second kappa shape index (κ2) is 3.69. The molecule has 0 amide bonds. The second-order valence-electron chi connectivity index (χ2n) is 3.55. The molecule has 0 radical (unpaired) electrons. The van der Waals surface area contributed by atoms with Crippen LogP contribution in [-0.4, -0.2) is 0 Å². The third-order valence-electron chi connectivity index (χ3n) is 2.55. The van der Waals surface area contributed by atoms with Gasteiger partial charge in [-0.25, -0.2) is 0 Å². The number of nitrogens with two attached hydrogens (primary N) is 2. The fourth-order valence-electron chi connectivity index (χ4n) is 1.61. The highest BCUT2D eigenvalue weighted by molar-refractivity contribution is 5.70. The van der Waals surface area contributed by atoms with Crippen molar-refractivity contribution >= 4 is 11.4 Å². The van der Waals surface area contributed by atoms with Crippen molar-refractivity contribution in [3.63, 3.8) is 0 Å². The average Bonchev–Trinajstić information content (AvgIpc) is 2.09. The molecule has 0 spiro atoms. The zero-order chi connectivity index (χ0) is 10.0. The van der Waals surface area contributed by atoms with Crippen LogP contribution in [0, 0.1) is 13.8 Å². The maximum Gasteiger partial charge on any atom is 0.0583 e. The van der Waals surface area contributed by atoms with Crippen LogP contribution in [-0.2, 0) is 6.42 Å². The summed E-state index contributed by atoms with van der Waals surface area (Å²) in [5.74, 6) is 0. The third-order valence-corrected chi connectivity index (χ3v) is 2.55. The van der Waals surface area contributed by atoms with Crippen molar-refractivity contribution in [2.75, 3.05) is 11.5 Å². The van der Waals surface area contributed by atoms with Crippen molar-refractivity contribution < 1.29 is 0 Å². The fraction of sp³-hybridized carbons (Fsp3) is 0.455. The summed E-state index contributed by atoms with van der Waals surface area (Å²) in [6, 6.07) is 1.95. The summed E-state index contributed by atoms with van der Waals surface area (Å²) >= 11 is 0. The van der Waals surface area contributed by atoms with E-state index in [4.69, 9.17) is 11.5 Å². The SMILES string of the molecule is CCCc1c(C)c(C)cc(N)c1N. The maximum atomic E-state index is 5.91. The summed E-state index contributed by atoms with van der Waals surface area (Å²) in [7, 11) is 0. The molecule has 0 aliphatic rings. The van der Waals surface area contributed by atoms with Gasteiger partial charge >= 0.3 is 0 Å². The van der Waals surface area contributed by atoms with Crippen LogP contribution in [0.1, 0.15) is 30.0 Å². The third kappa shape index (κ3) is 1.77. The number of rotatable bonds is 2. The number of hydrogen-bond donors (Lipinski definition) is 2. The number of nitrogen functional groups attached to an aromatic ring is 2. The Hall–Kier alpha value is -1.18. The van der Waals surface area contributed by atoms with Gasteiger partial charge in [0.15, 0.2) is 0 Å². The molecule has 1 aromatic rings. The molecule has 4 N–H and O–H groups in total. The molecule has 0 aliphatic heterocycles. The van der Waals surface area contributed by atoms with Gasteiger partial charge in [-0.1, -0.05) is 13.3 Å². The monoisotopic (exact) mass is 178 g/mol. The van der Waals surface area contributed by atoms with Gasteiger partial charge in [0.1, 0.15) is 0 Å². The lowest BCUT2D eigenvalue weighted by molar-refractivity contribution is 0.913. The van der Waals surface area contributed by atoms with Crippen LogP contribution in [0.3, 0.4) is 0 Å². The topological polar surface area (TPSA) is 52.0 Å². The summed E-state index contributed by atoms with van der Waals surface area (Å²) in [5, 5.41) is 0. The smallest absolute Gasteiger partial charge is 0.0583 e. The molecule has 0 saturated heterocycles. The number of hydrogen-bond acceptors (Lipinski definition) is 2. The number of anilines is 2. The largest absolute Gasteiger partial charge is 0.397 e. The van der Waals surface area contributed by atoms with Crippen molar-refractivity contribution in [1.82, 2.24) is 0 Å². The van der Waals surface area contributed by atoms with Crippen LogP contribution in [0.25, 0.3) is 0 Å². The molecule has 0 bridgehead atoms. The maximum absolute atomic E-state index is 5.91. The highest BCUT2D eigenvalue weighted by atomic mass is 14.7. The van der Waals surface area contributed by atoms with E-state index in [-0.39, 0.29) is 0 Å². The molecular formula is C11H18N2. The first-order chi connectivity index (χ1) is 6.07. The van der Waals surface area contributed by atoms with E-state index in [9.17, 15) is 0 Å². The van der Waals surface area contributed by atoms with E-state index < -0.39 is 0 Å². The molecule has 2 heteroatoms. The molecule has 0 heterocycles. The Morgan fingerprint density at radius 3 is 2.38 bits per heavy atom. The van der Waals surface area contributed by atoms with Crippen molar-refractivity contribution in [1.29, 1.82) is 0 Å². The van der Waals surface area contributed by atoms with Gasteiger partial charge in [0.05, 0.1) is 11.4 Å². The molecule has 72 valence electrons. The average molecular weight is 178 g/mol. The lowest BCUT2D eigenvalue weighted by Gasteiger charge is -2.13. The van der Waals surface area contributed by atoms with Gasteiger partial charge in [0, 0.05) is 0 Å². The highest BCUT2D eigenvalue weighted by Crippen LogP contribution is 2.27. The highest BCUT2D eigenvalue weighted by Gasteiger charge is 2.07. The van der Waals surface area contributed by atoms with Gasteiger partial charge in [-0.2, -0.15) is 0 Å². The molecule has 0 atom stereocenters. The van der Waals surface area contributed by atoms with E-state index in [0.29, 0.717) is 5.69 Å². The first-order valence-electron chi connectivity index (χ1n) is 4.72. The minimum atomic E-state index is 0.714. The molecule has 0 aliphatic carbocycles. The molecule has 1 rings (SSSR count). The van der Waals surface area contributed by atoms with Gasteiger partial charge in [0.25, 0.3) is 0 Å². The molecule has 13 heavy (non-hydrogen) atoms. The zero-order valence-corrected chi connectivity index (χ0v) is 8.65. The summed E-state index contributed by atoms with van der Waals surface area (Å²) in [6.45, 7) is 6.33. The van der Waals surface area contributed by atoms with Crippen molar-refractivity contribution in [3.05, 3.63) is 22.8 Å². The van der Waals surface area contributed by atoms with E-state index in [1.165, 1.54) is 16.7 Å². The Morgan fingerprint density at radius 1 is 1.23 bits per heavy atom. The number of aryl methyl sites for hydroxylation is 1. The summed E-state index contributed by atoms with van der Waals surface area (Å²) in [4.78, 5) is 0. The Labute approximate surface area is 79.9 Å². The molecule has 0 unspecified atom stereocenters. The minimum absolute atomic E-state index is 0.714. The van der Waals surface area contributed by atoms with E-state index in [2.05, 4.69) is 20.8 Å². The summed E-state index contributed by atoms with van der Waals surface area (Å²) < 4.78 is 0.